The fraction of sp³-hybridized carbons (Fsp3) is 0.238. The Kier molecular flexibility index (Phi) is 7.39. The Morgan fingerprint density at radius 2 is 1.71 bits per heavy atom. The number of hydrogen-bond donors (Lipinski definition) is 3. The molecule has 0 aliphatic rings. The molecule has 0 radical (unpaired) electrons. The van der Waals surface area contributed by atoms with Gasteiger partial charge in [0.05, 0.1) is 20.5 Å². The summed E-state index contributed by atoms with van der Waals surface area (Å²) in [6.45, 7) is 4.10. The van der Waals surface area contributed by atoms with Gasteiger partial charge in [-0.3, -0.25) is 5.32 Å². The van der Waals surface area contributed by atoms with Crippen LogP contribution in [-0.2, 0) is 6.54 Å². The van der Waals surface area contributed by atoms with Crippen LogP contribution in [0.15, 0.2) is 52.1 Å². The van der Waals surface area contributed by atoms with E-state index in [4.69, 9.17) is 26.1 Å². The van der Waals surface area contributed by atoms with Crippen molar-refractivity contribution in [3.8, 4) is 11.5 Å². The van der Waals surface area contributed by atoms with Crippen LogP contribution in [0, 0.1) is 13.8 Å². The molecule has 1 aromatic carbocycles. The Morgan fingerprint density at radius 1 is 1.03 bits per heavy atom. The van der Waals surface area contributed by atoms with Crippen molar-refractivity contribution < 1.29 is 13.9 Å². The molecular formula is C21H24N6O3S. The number of ether oxygens (including phenoxy) is 2. The van der Waals surface area contributed by atoms with Crippen LogP contribution < -0.4 is 25.4 Å². The Labute approximate surface area is 185 Å². The molecule has 3 N–H and O–H groups in total. The van der Waals surface area contributed by atoms with Gasteiger partial charge in [0.15, 0.2) is 5.11 Å². The van der Waals surface area contributed by atoms with Crippen LogP contribution in [0.5, 0.6) is 11.5 Å². The summed E-state index contributed by atoms with van der Waals surface area (Å²) >= 11 is 5.46. The van der Waals surface area contributed by atoms with E-state index in [1.54, 1.807) is 44.7 Å². The summed E-state index contributed by atoms with van der Waals surface area (Å²) in [6, 6.07) is 10.9. The number of anilines is 2. The zero-order valence-electron chi connectivity index (χ0n) is 17.7. The molecule has 2 aromatic heterocycles. The quantitative estimate of drug-likeness (QED) is 0.301. The van der Waals surface area contributed by atoms with Crippen LogP contribution in [0.1, 0.15) is 17.1 Å². The minimum atomic E-state index is 0.308. The average molecular weight is 441 g/mol. The standard InChI is InChI=1S/C21H24N6O3S/c1-13-8-14(2)24-20(23-13)26-19(22-12-16-6-5-7-30-16)27-21(31)25-15-9-17(28-3)11-18(10-15)29-4/h5-11H,12H2,1-4H3,(H3,22,23,24,25,26,27,31). The monoisotopic (exact) mass is 440 g/mol. The van der Waals surface area contributed by atoms with Gasteiger partial charge in [-0.15, -0.1) is 0 Å². The van der Waals surface area contributed by atoms with E-state index in [9.17, 15) is 0 Å². The number of nitrogens with zero attached hydrogens (tertiary/aromatic N) is 3. The molecule has 9 nitrogen and oxygen atoms in total. The second-order valence-electron chi connectivity index (χ2n) is 6.52. The lowest BCUT2D eigenvalue weighted by molar-refractivity contribution is 0.395. The topological polar surface area (TPSA) is 106 Å². The zero-order valence-corrected chi connectivity index (χ0v) is 18.5. The Morgan fingerprint density at radius 3 is 2.29 bits per heavy atom. The highest BCUT2D eigenvalue weighted by atomic mass is 32.1. The van der Waals surface area contributed by atoms with Gasteiger partial charge in [0.2, 0.25) is 11.9 Å². The van der Waals surface area contributed by atoms with Crippen molar-refractivity contribution >= 4 is 34.9 Å². The van der Waals surface area contributed by atoms with E-state index in [0.717, 1.165) is 11.4 Å². The Hall–Kier alpha value is -3.66. The molecule has 0 saturated heterocycles. The Balaban J connectivity index is 1.77. The number of furan rings is 1. The number of nitrogens with one attached hydrogen (secondary N) is 3. The predicted molar refractivity (Wildman–Crippen MR) is 124 cm³/mol. The molecule has 3 rings (SSSR count). The van der Waals surface area contributed by atoms with Gasteiger partial charge in [-0.1, -0.05) is 0 Å². The number of benzene rings is 1. The summed E-state index contributed by atoms with van der Waals surface area (Å²) in [5, 5.41) is 9.54. The third-order valence-electron chi connectivity index (χ3n) is 4.03. The average Bonchev–Trinajstić information content (AvgIpc) is 3.24. The van der Waals surface area contributed by atoms with E-state index in [2.05, 4.69) is 30.9 Å². The maximum Gasteiger partial charge on any atom is 0.229 e. The van der Waals surface area contributed by atoms with Crippen molar-refractivity contribution in [1.29, 1.82) is 0 Å². The molecule has 3 aromatic rings. The molecule has 31 heavy (non-hydrogen) atoms. The third-order valence-corrected chi connectivity index (χ3v) is 4.23. The smallest absolute Gasteiger partial charge is 0.229 e. The van der Waals surface area contributed by atoms with Crippen molar-refractivity contribution in [2.45, 2.75) is 20.4 Å². The molecule has 0 unspecified atom stereocenters. The second kappa shape index (κ2) is 10.4. The first kappa shape index (κ1) is 22.0. The van der Waals surface area contributed by atoms with Gasteiger partial charge < -0.3 is 24.5 Å². The summed E-state index contributed by atoms with van der Waals surface area (Å²) < 4.78 is 15.9. The van der Waals surface area contributed by atoms with E-state index in [1.807, 2.05) is 26.0 Å². The van der Waals surface area contributed by atoms with Gasteiger partial charge >= 0.3 is 0 Å². The number of aryl methyl sites for hydroxylation is 2. The van der Waals surface area contributed by atoms with Crippen LogP contribution in [0.3, 0.4) is 0 Å². The molecule has 10 heteroatoms. The fourth-order valence-electron chi connectivity index (χ4n) is 2.71. The fourth-order valence-corrected chi connectivity index (χ4v) is 2.92. The minimum Gasteiger partial charge on any atom is -0.497 e. The molecule has 0 spiro atoms. The third kappa shape index (κ3) is 6.68. The molecule has 0 fully saturated rings. The van der Waals surface area contributed by atoms with Gasteiger partial charge in [-0.2, -0.15) is 0 Å². The van der Waals surface area contributed by atoms with Crippen LogP contribution in [0.4, 0.5) is 11.6 Å². The minimum absolute atomic E-state index is 0.308. The summed E-state index contributed by atoms with van der Waals surface area (Å²) in [4.78, 5) is 13.3. The second-order valence-corrected chi connectivity index (χ2v) is 6.93. The largest absolute Gasteiger partial charge is 0.497 e. The first-order valence-electron chi connectivity index (χ1n) is 9.42. The predicted octanol–water partition coefficient (Wildman–Crippen LogP) is 3.66. The first-order chi connectivity index (χ1) is 14.9. The SMILES string of the molecule is COc1cc(NC(=S)NC(=NCc2ccco2)Nc2nc(C)cc(C)n2)cc(OC)c1. The highest BCUT2D eigenvalue weighted by Crippen LogP contribution is 2.25. The van der Waals surface area contributed by atoms with E-state index >= 15 is 0 Å². The normalized spacial score (nSPS) is 11.0. The van der Waals surface area contributed by atoms with Crippen LogP contribution in [0.25, 0.3) is 0 Å². The molecule has 0 bridgehead atoms. The molecular weight excluding hydrogens is 416 g/mol. The number of hydrogen-bond acceptors (Lipinski definition) is 7. The van der Waals surface area contributed by atoms with Crippen LogP contribution >= 0.6 is 12.2 Å². The maximum atomic E-state index is 5.46. The molecule has 2 heterocycles. The lowest BCUT2D eigenvalue weighted by Gasteiger charge is -2.15. The lowest BCUT2D eigenvalue weighted by Crippen LogP contribution is -2.39. The van der Waals surface area contributed by atoms with Gasteiger partial charge in [0, 0.05) is 35.3 Å². The summed E-state index contributed by atoms with van der Waals surface area (Å²) in [5.74, 6) is 2.76. The lowest BCUT2D eigenvalue weighted by atomic mass is 10.3. The summed E-state index contributed by atoms with van der Waals surface area (Å²) in [6.07, 6.45) is 1.60. The Bertz CT molecular complexity index is 1030. The zero-order chi connectivity index (χ0) is 22.2. The van der Waals surface area contributed by atoms with E-state index in [0.29, 0.717) is 46.5 Å². The molecule has 0 atom stereocenters. The van der Waals surface area contributed by atoms with Gasteiger partial charge in [0.1, 0.15) is 23.8 Å². The summed E-state index contributed by atoms with van der Waals surface area (Å²) in [5.41, 5.74) is 2.37. The molecule has 0 amide bonds. The number of rotatable bonds is 6. The van der Waals surface area contributed by atoms with E-state index in [1.165, 1.54) is 0 Å². The first-order valence-corrected chi connectivity index (χ1v) is 9.83. The van der Waals surface area contributed by atoms with Crippen molar-refractivity contribution in [3.05, 3.63) is 59.8 Å². The highest BCUT2D eigenvalue weighted by Gasteiger charge is 2.09. The van der Waals surface area contributed by atoms with E-state index in [-0.39, 0.29) is 0 Å². The molecule has 162 valence electrons. The number of aromatic nitrogens is 2. The molecule has 0 aliphatic carbocycles. The van der Waals surface area contributed by atoms with Crippen molar-refractivity contribution in [2.24, 2.45) is 4.99 Å². The number of guanidine groups is 1. The van der Waals surface area contributed by atoms with Crippen molar-refractivity contribution in [3.63, 3.8) is 0 Å². The maximum absolute atomic E-state index is 5.46. The van der Waals surface area contributed by atoms with Crippen LogP contribution in [-0.4, -0.2) is 35.3 Å². The van der Waals surface area contributed by atoms with E-state index < -0.39 is 0 Å². The number of thiocarbonyl (C=S) groups is 1. The number of aliphatic imine (C=N–C) groups is 1. The molecule has 0 aliphatic heterocycles. The molecule has 0 saturated carbocycles. The number of methoxy groups -OCH3 is 2. The van der Waals surface area contributed by atoms with Gasteiger partial charge in [0.25, 0.3) is 0 Å². The highest BCUT2D eigenvalue weighted by molar-refractivity contribution is 7.80. The van der Waals surface area contributed by atoms with Crippen molar-refractivity contribution in [2.75, 3.05) is 24.9 Å². The summed E-state index contributed by atoms with van der Waals surface area (Å²) in [7, 11) is 3.17. The van der Waals surface area contributed by atoms with Gasteiger partial charge in [-0.05, 0) is 44.3 Å². The van der Waals surface area contributed by atoms with Crippen LogP contribution in [0.2, 0.25) is 0 Å². The van der Waals surface area contributed by atoms with Gasteiger partial charge in [-0.25, -0.2) is 15.0 Å². The van der Waals surface area contributed by atoms with Crippen molar-refractivity contribution in [1.82, 2.24) is 15.3 Å².